The summed E-state index contributed by atoms with van der Waals surface area (Å²) >= 11 is 3.45. The van der Waals surface area contributed by atoms with E-state index in [-0.39, 0.29) is 23.5 Å². The molecule has 3 rings (SSSR count). The smallest absolute Gasteiger partial charge is 0.254 e. The van der Waals surface area contributed by atoms with E-state index in [0.29, 0.717) is 30.9 Å². The summed E-state index contributed by atoms with van der Waals surface area (Å²) in [6, 6.07) is 14.4. The molecule has 1 saturated heterocycles. The van der Waals surface area contributed by atoms with E-state index in [0.717, 1.165) is 10.0 Å². The van der Waals surface area contributed by atoms with Crippen molar-refractivity contribution in [3.05, 3.63) is 64.1 Å². The van der Waals surface area contributed by atoms with E-state index in [9.17, 15) is 13.2 Å². The molecule has 1 heterocycles. The second-order valence-corrected chi connectivity index (χ2v) is 9.72. The third-order valence-corrected chi connectivity index (χ3v) is 6.81. The van der Waals surface area contributed by atoms with E-state index in [1.165, 1.54) is 0 Å². The zero-order valence-corrected chi connectivity index (χ0v) is 17.5. The number of ether oxygens (including phenoxy) is 1. The fourth-order valence-electron chi connectivity index (χ4n) is 3.25. The quantitative estimate of drug-likeness (QED) is 0.671. The molecule has 0 spiro atoms. The van der Waals surface area contributed by atoms with Crippen LogP contribution in [0.2, 0.25) is 0 Å². The Bertz CT molecular complexity index is 912. The Kier molecular flexibility index (Phi) is 6.22. The molecule has 0 saturated carbocycles. The van der Waals surface area contributed by atoms with Gasteiger partial charge in [0, 0.05) is 22.6 Å². The standard InChI is InChI=1S/C20H22BrNO4S/c1-2-26-19-8-6-16(7-9-19)20(23)22(18-10-11-27(24,25)14-18)13-15-4-3-5-17(21)12-15/h3-9,12,18H,2,10-11,13-14H2,1H3/t18-/m0/s1. The minimum absolute atomic E-state index is 0.0176. The maximum Gasteiger partial charge on any atom is 0.254 e. The summed E-state index contributed by atoms with van der Waals surface area (Å²) in [7, 11) is -3.09. The van der Waals surface area contributed by atoms with Gasteiger partial charge in [-0.15, -0.1) is 0 Å². The molecule has 7 heteroatoms. The van der Waals surface area contributed by atoms with Gasteiger partial charge in [0.15, 0.2) is 9.84 Å². The monoisotopic (exact) mass is 451 g/mol. The average molecular weight is 452 g/mol. The molecule has 0 aromatic heterocycles. The van der Waals surface area contributed by atoms with Crippen molar-refractivity contribution in [2.45, 2.75) is 25.9 Å². The number of hydrogen-bond acceptors (Lipinski definition) is 4. The van der Waals surface area contributed by atoms with Gasteiger partial charge >= 0.3 is 0 Å². The predicted molar refractivity (Wildman–Crippen MR) is 109 cm³/mol. The van der Waals surface area contributed by atoms with Crippen LogP contribution in [0.3, 0.4) is 0 Å². The Morgan fingerprint density at radius 1 is 1.22 bits per heavy atom. The molecule has 1 amide bonds. The van der Waals surface area contributed by atoms with Crippen LogP contribution >= 0.6 is 15.9 Å². The summed E-state index contributed by atoms with van der Waals surface area (Å²) in [6.07, 6.45) is 0.471. The Balaban J connectivity index is 1.87. The number of benzene rings is 2. The second kappa shape index (κ2) is 8.44. The highest BCUT2D eigenvalue weighted by molar-refractivity contribution is 9.10. The number of halogens is 1. The minimum Gasteiger partial charge on any atom is -0.494 e. The zero-order valence-electron chi connectivity index (χ0n) is 15.1. The highest BCUT2D eigenvalue weighted by Crippen LogP contribution is 2.24. The van der Waals surface area contributed by atoms with Crippen molar-refractivity contribution in [3.63, 3.8) is 0 Å². The summed E-state index contributed by atoms with van der Waals surface area (Å²) in [5.41, 5.74) is 1.48. The Hall–Kier alpha value is -1.86. The van der Waals surface area contributed by atoms with Gasteiger partial charge in [0.25, 0.3) is 5.91 Å². The molecule has 1 atom stereocenters. The summed E-state index contributed by atoms with van der Waals surface area (Å²) < 4.78 is 30.3. The Morgan fingerprint density at radius 2 is 1.96 bits per heavy atom. The fourth-order valence-corrected chi connectivity index (χ4v) is 5.42. The third kappa shape index (κ3) is 5.11. The van der Waals surface area contributed by atoms with Gasteiger partial charge < -0.3 is 9.64 Å². The van der Waals surface area contributed by atoms with Crippen molar-refractivity contribution in [2.75, 3.05) is 18.1 Å². The van der Waals surface area contributed by atoms with Crippen molar-refractivity contribution < 1.29 is 17.9 Å². The topological polar surface area (TPSA) is 63.7 Å². The Morgan fingerprint density at radius 3 is 2.56 bits per heavy atom. The number of nitrogens with zero attached hydrogens (tertiary/aromatic N) is 1. The highest BCUT2D eigenvalue weighted by Gasteiger charge is 2.35. The van der Waals surface area contributed by atoms with E-state index in [4.69, 9.17) is 4.74 Å². The lowest BCUT2D eigenvalue weighted by Crippen LogP contribution is -2.40. The number of carbonyl (C=O) groups excluding carboxylic acids is 1. The van der Waals surface area contributed by atoms with Crippen LogP contribution < -0.4 is 4.74 Å². The average Bonchev–Trinajstić information content (AvgIpc) is 3.00. The number of hydrogen-bond donors (Lipinski definition) is 0. The predicted octanol–water partition coefficient (Wildman–Crippen LogP) is 3.68. The van der Waals surface area contributed by atoms with E-state index in [1.54, 1.807) is 29.2 Å². The fraction of sp³-hybridized carbons (Fsp3) is 0.350. The molecule has 144 valence electrons. The molecule has 1 aliphatic rings. The van der Waals surface area contributed by atoms with Gasteiger partial charge in [-0.3, -0.25) is 4.79 Å². The molecule has 0 unspecified atom stereocenters. The number of rotatable bonds is 6. The van der Waals surface area contributed by atoms with Gasteiger partial charge in [-0.2, -0.15) is 0 Å². The summed E-state index contributed by atoms with van der Waals surface area (Å²) in [5, 5.41) is 0. The number of sulfone groups is 1. The maximum absolute atomic E-state index is 13.2. The lowest BCUT2D eigenvalue weighted by molar-refractivity contribution is 0.0681. The molecule has 0 bridgehead atoms. The molecule has 0 aliphatic carbocycles. The summed E-state index contributed by atoms with van der Waals surface area (Å²) in [4.78, 5) is 14.9. The van der Waals surface area contributed by atoms with Crippen LogP contribution in [0.1, 0.15) is 29.3 Å². The number of amides is 1. The first-order valence-electron chi connectivity index (χ1n) is 8.86. The van der Waals surface area contributed by atoms with Gasteiger partial charge in [0.05, 0.1) is 18.1 Å². The molecule has 1 aliphatic heterocycles. The molecule has 2 aromatic carbocycles. The van der Waals surface area contributed by atoms with Crippen LogP contribution in [-0.4, -0.2) is 43.4 Å². The molecule has 5 nitrogen and oxygen atoms in total. The van der Waals surface area contributed by atoms with Crippen molar-refractivity contribution in [1.82, 2.24) is 4.90 Å². The third-order valence-electron chi connectivity index (χ3n) is 4.56. The second-order valence-electron chi connectivity index (χ2n) is 6.58. The SMILES string of the molecule is CCOc1ccc(C(=O)N(Cc2cccc(Br)c2)[C@H]2CCS(=O)(=O)C2)cc1. The van der Waals surface area contributed by atoms with Crippen LogP contribution in [0.5, 0.6) is 5.75 Å². The molecular formula is C20H22BrNO4S. The molecule has 1 fully saturated rings. The highest BCUT2D eigenvalue weighted by atomic mass is 79.9. The molecular weight excluding hydrogens is 430 g/mol. The lowest BCUT2D eigenvalue weighted by atomic mass is 10.1. The van der Waals surface area contributed by atoms with Crippen LogP contribution in [0, 0.1) is 0 Å². The first kappa shape index (κ1) is 19.9. The lowest BCUT2D eigenvalue weighted by Gasteiger charge is -2.28. The Labute approximate surface area is 168 Å². The van der Waals surface area contributed by atoms with Crippen LogP contribution in [0.15, 0.2) is 53.0 Å². The van der Waals surface area contributed by atoms with Gasteiger partial charge in [-0.25, -0.2) is 8.42 Å². The normalized spacial score (nSPS) is 18.2. The minimum atomic E-state index is -3.09. The van der Waals surface area contributed by atoms with E-state index >= 15 is 0 Å². The zero-order chi connectivity index (χ0) is 19.4. The largest absolute Gasteiger partial charge is 0.494 e. The van der Waals surface area contributed by atoms with Crippen LogP contribution in [-0.2, 0) is 16.4 Å². The molecule has 0 N–H and O–H groups in total. The van der Waals surface area contributed by atoms with E-state index in [2.05, 4.69) is 15.9 Å². The van der Waals surface area contributed by atoms with Gasteiger partial charge in [-0.05, 0) is 55.3 Å². The van der Waals surface area contributed by atoms with Crippen molar-refractivity contribution in [3.8, 4) is 5.75 Å². The summed E-state index contributed by atoms with van der Waals surface area (Å²) in [6.45, 7) is 2.83. The van der Waals surface area contributed by atoms with Gasteiger partial charge in [0.1, 0.15) is 5.75 Å². The molecule has 0 radical (unpaired) electrons. The van der Waals surface area contributed by atoms with E-state index in [1.807, 2.05) is 31.2 Å². The van der Waals surface area contributed by atoms with Crippen molar-refractivity contribution >= 4 is 31.7 Å². The summed E-state index contributed by atoms with van der Waals surface area (Å²) in [5.74, 6) is 0.684. The van der Waals surface area contributed by atoms with Crippen LogP contribution in [0.4, 0.5) is 0 Å². The van der Waals surface area contributed by atoms with Crippen LogP contribution in [0.25, 0.3) is 0 Å². The molecule has 27 heavy (non-hydrogen) atoms. The van der Waals surface area contributed by atoms with Gasteiger partial charge in [-0.1, -0.05) is 28.1 Å². The van der Waals surface area contributed by atoms with Gasteiger partial charge in [0.2, 0.25) is 0 Å². The van der Waals surface area contributed by atoms with E-state index < -0.39 is 9.84 Å². The maximum atomic E-state index is 13.2. The van der Waals surface area contributed by atoms with Crippen molar-refractivity contribution in [2.24, 2.45) is 0 Å². The molecule has 2 aromatic rings. The first-order chi connectivity index (χ1) is 12.9. The first-order valence-corrected chi connectivity index (χ1v) is 11.5. The number of carbonyl (C=O) groups is 1. The van der Waals surface area contributed by atoms with Crippen molar-refractivity contribution in [1.29, 1.82) is 0 Å².